The van der Waals surface area contributed by atoms with Crippen molar-refractivity contribution in [2.75, 3.05) is 0 Å². The molecule has 0 atom stereocenters. The number of nitrogens with zero attached hydrogens (tertiary/aromatic N) is 1. The van der Waals surface area contributed by atoms with E-state index in [1.54, 1.807) is 18.5 Å². The van der Waals surface area contributed by atoms with Crippen LogP contribution in [0.1, 0.15) is 0 Å². The molecule has 1 aromatic carbocycles. The van der Waals surface area contributed by atoms with Gasteiger partial charge in [0.2, 0.25) is 0 Å². The van der Waals surface area contributed by atoms with E-state index in [1.807, 2.05) is 12.1 Å². The minimum Gasteiger partial charge on any atom is -0.408 e. The van der Waals surface area contributed by atoms with Crippen molar-refractivity contribution in [2.45, 2.75) is 0 Å². The number of oxazole rings is 1. The Bertz CT molecular complexity index is 806. The fraction of sp³-hybridized carbons (Fsp3) is 0.0909. The molecule has 0 aliphatic rings. The van der Waals surface area contributed by atoms with Gasteiger partial charge in [-0.05, 0) is 18.2 Å². The van der Waals surface area contributed by atoms with E-state index in [2.05, 4.69) is 4.98 Å². The summed E-state index contributed by atoms with van der Waals surface area (Å²) in [6.45, 7) is 0. The quantitative estimate of drug-likeness (QED) is 0.710. The Morgan fingerprint density at radius 3 is 2.88 bits per heavy atom. The zero-order valence-electron chi connectivity index (χ0n) is 8.89. The Kier molecular flexibility index (Phi) is 2.05. The second kappa shape index (κ2) is 3.46. The second-order valence-electron chi connectivity index (χ2n) is 3.67. The van der Waals surface area contributed by atoms with Crippen LogP contribution < -0.4 is 10.6 Å². The largest absolute Gasteiger partial charge is 0.419 e. The Labute approximate surface area is 98.9 Å². The predicted molar refractivity (Wildman–Crippen MR) is 65.4 cm³/mol. The predicted octanol–water partition coefficient (Wildman–Crippen LogP) is 1.55. The summed E-state index contributed by atoms with van der Waals surface area (Å²) in [5.41, 5.74) is 2.85. The van der Waals surface area contributed by atoms with Gasteiger partial charge in [0.05, 0.1) is 11.2 Å². The molecular weight excluding hydrogens is 240 g/mol. The highest BCUT2D eigenvalue weighted by Crippen LogP contribution is 2.22. The number of aromatic nitrogens is 2. The van der Waals surface area contributed by atoms with Gasteiger partial charge in [-0.3, -0.25) is 9.36 Å². The van der Waals surface area contributed by atoms with Gasteiger partial charge in [-0.1, -0.05) is 11.3 Å². The number of H-pyrrole nitrogens is 1. The molecule has 2 heterocycles. The van der Waals surface area contributed by atoms with E-state index in [0.29, 0.717) is 11.1 Å². The number of thiazole rings is 1. The molecule has 0 saturated heterocycles. The minimum atomic E-state index is -0.393. The molecule has 0 radical (unpaired) electrons. The Hall–Kier alpha value is -2.08. The van der Waals surface area contributed by atoms with E-state index in [9.17, 15) is 9.59 Å². The van der Waals surface area contributed by atoms with E-state index < -0.39 is 5.76 Å². The molecule has 1 N–H and O–H groups in total. The van der Waals surface area contributed by atoms with Crippen molar-refractivity contribution in [3.63, 3.8) is 0 Å². The summed E-state index contributed by atoms with van der Waals surface area (Å²) in [4.78, 5) is 25.1. The van der Waals surface area contributed by atoms with Gasteiger partial charge in [0.25, 0.3) is 0 Å². The maximum atomic E-state index is 11.3. The van der Waals surface area contributed by atoms with Gasteiger partial charge in [-0.2, -0.15) is 0 Å². The van der Waals surface area contributed by atoms with Gasteiger partial charge in [0.1, 0.15) is 0 Å². The molecule has 3 rings (SSSR count). The van der Waals surface area contributed by atoms with Crippen molar-refractivity contribution in [1.29, 1.82) is 0 Å². The molecule has 5 nitrogen and oxygen atoms in total. The highest BCUT2D eigenvalue weighted by Gasteiger charge is 2.08. The van der Waals surface area contributed by atoms with Crippen LogP contribution in [0.4, 0.5) is 0 Å². The van der Waals surface area contributed by atoms with Gasteiger partial charge in [0.15, 0.2) is 5.58 Å². The van der Waals surface area contributed by atoms with Crippen LogP contribution in [0.25, 0.3) is 22.4 Å². The fourth-order valence-electron chi connectivity index (χ4n) is 1.72. The number of aryl methyl sites for hydroxylation is 1. The number of rotatable bonds is 1. The van der Waals surface area contributed by atoms with Crippen LogP contribution in [0.15, 0.2) is 37.6 Å². The van der Waals surface area contributed by atoms with Gasteiger partial charge < -0.3 is 9.40 Å². The van der Waals surface area contributed by atoms with Crippen LogP contribution in [0.2, 0.25) is 0 Å². The maximum absolute atomic E-state index is 11.3. The van der Waals surface area contributed by atoms with E-state index in [4.69, 9.17) is 4.42 Å². The Morgan fingerprint density at radius 2 is 2.18 bits per heavy atom. The van der Waals surface area contributed by atoms with Crippen molar-refractivity contribution in [1.82, 2.24) is 9.55 Å². The zero-order chi connectivity index (χ0) is 12.0. The number of fused-ring (bicyclic) bond motifs is 1. The minimum absolute atomic E-state index is 0.0961. The molecule has 0 saturated carbocycles. The number of nitrogens with one attached hydrogen (secondary N) is 1. The lowest BCUT2D eigenvalue weighted by Crippen LogP contribution is -2.08. The van der Waals surface area contributed by atoms with Gasteiger partial charge in [0, 0.05) is 18.0 Å². The average Bonchev–Trinajstić information content (AvgIpc) is 2.85. The smallest absolute Gasteiger partial charge is 0.408 e. The van der Waals surface area contributed by atoms with Crippen molar-refractivity contribution < 1.29 is 4.42 Å². The number of benzene rings is 1. The molecule has 0 spiro atoms. The summed E-state index contributed by atoms with van der Waals surface area (Å²) in [5, 5.41) is 1.75. The van der Waals surface area contributed by atoms with Crippen LogP contribution in [0.5, 0.6) is 0 Å². The first kappa shape index (κ1) is 10.1. The summed E-state index contributed by atoms with van der Waals surface area (Å²) in [5.74, 6) is -0.393. The molecule has 17 heavy (non-hydrogen) atoms. The van der Waals surface area contributed by atoms with Crippen LogP contribution in [-0.2, 0) is 7.05 Å². The SMILES string of the molecule is Cn1c(=O)oc2ccc(-c3csc(=O)[nH]3)cc21. The van der Waals surface area contributed by atoms with E-state index in [0.717, 1.165) is 22.6 Å². The zero-order valence-corrected chi connectivity index (χ0v) is 9.71. The fourth-order valence-corrected chi connectivity index (χ4v) is 2.30. The molecule has 0 aliphatic carbocycles. The third-order valence-electron chi connectivity index (χ3n) is 2.62. The summed E-state index contributed by atoms with van der Waals surface area (Å²) < 4.78 is 6.47. The van der Waals surface area contributed by atoms with Crippen molar-refractivity contribution >= 4 is 22.4 Å². The standard InChI is InChI=1S/C11H8N2O3S/c1-13-8-4-6(7-5-17-10(14)12-7)2-3-9(8)16-11(13)15/h2-5H,1H3,(H,12,14). The topological polar surface area (TPSA) is 68.0 Å². The molecule has 0 amide bonds. The van der Waals surface area contributed by atoms with Crippen LogP contribution in [0, 0.1) is 0 Å². The van der Waals surface area contributed by atoms with Crippen molar-refractivity contribution in [3.8, 4) is 11.3 Å². The molecule has 0 aliphatic heterocycles. The molecule has 2 aromatic heterocycles. The van der Waals surface area contributed by atoms with Crippen LogP contribution in [0.3, 0.4) is 0 Å². The van der Waals surface area contributed by atoms with Gasteiger partial charge >= 0.3 is 10.6 Å². The lowest BCUT2D eigenvalue weighted by atomic mass is 10.1. The summed E-state index contributed by atoms with van der Waals surface area (Å²) in [6, 6.07) is 5.35. The lowest BCUT2D eigenvalue weighted by Gasteiger charge is -1.97. The highest BCUT2D eigenvalue weighted by molar-refractivity contribution is 7.07. The molecule has 0 fully saturated rings. The lowest BCUT2D eigenvalue weighted by molar-refractivity contribution is 0.528. The first-order valence-corrected chi connectivity index (χ1v) is 5.81. The average molecular weight is 248 g/mol. The van der Waals surface area contributed by atoms with E-state index >= 15 is 0 Å². The summed E-state index contributed by atoms with van der Waals surface area (Å²) in [7, 11) is 1.65. The van der Waals surface area contributed by atoms with Gasteiger partial charge in [-0.15, -0.1) is 0 Å². The van der Waals surface area contributed by atoms with Crippen molar-refractivity contribution in [3.05, 3.63) is 43.8 Å². The van der Waals surface area contributed by atoms with Crippen LogP contribution >= 0.6 is 11.3 Å². The first-order chi connectivity index (χ1) is 8.15. The monoisotopic (exact) mass is 248 g/mol. The second-order valence-corrected chi connectivity index (χ2v) is 4.51. The van der Waals surface area contributed by atoms with E-state index in [1.165, 1.54) is 4.57 Å². The number of aromatic amines is 1. The molecule has 0 unspecified atom stereocenters. The third kappa shape index (κ3) is 1.53. The Morgan fingerprint density at radius 1 is 1.35 bits per heavy atom. The molecule has 6 heteroatoms. The summed E-state index contributed by atoms with van der Waals surface area (Å²) in [6.07, 6.45) is 0. The molecule has 0 bridgehead atoms. The number of hydrogen-bond donors (Lipinski definition) is 1. The molecule has 3 aromatic rings. The van der Waals surface area contributed by atoms with Crippen molar-refractivity contribution in [2.24, 2.45) is 7.05 Å². The maximum Gasteiger partial charge on any atom is 0.419 e. The normalized spacial score (nSPS) is 11.1. The van der Waals surface area contributed by atoms with Crippen LogP contribution in [-0.4, -0.2) is 9.55 Å². The molecule has 86 valence electrons. The molecular formula is C11H8N2O3S. The third-order valence-corrected chi connectivity index (χ3v) is 3.29. The highest BCUT2D eigenvalue weighted by atomic mass is 32.1. The number of hydrogen-bond acceptors (Lipinski definition) is 4. The first-order valence-electron chi connectivity index (χ1n) is 4.93. The van der Waals surface area contributed by atoms with E-state index in [-0.39, 0.29) is 4.87 Å². The Balaban J connectivity index is 2.29. The van der Waals surface area contributed by atoms with Gasteiger partial charge in [-0.25, -0.2) is 4.79 Å². The summed E-state index contributed by atoms with van der Waals surface area (Å²) >= 11 is 1.11.